The molecule has 0 saturated carbocycles. The zero-order valence-corrected chi connectivity index (χ0v) is 17.4. The van der Waals surface area contributed by atoms with E-state index in [4.69, 9.17) is 14.9 Å². The molecule has 2 aromatic rings. The Hall–Kier alpha value is -3.88. The van der Waals surface area contributed by atoms with Crippen molar-refractivity contribution in [3.05, 3.63) is 59.7 Å². The number of ether oxygens (including phenoxy) is 1. The van der Waals surface area contributed by atoms with Crippen LogP contribution >= 0.6 is 0 Å². The van der Waals surface area contributed by atoms with Gasteiger partial charge in [-0.3, -0.25) is 9.59 Å². The van der Waals surface area contributed by atoms with Crippen LogP contribution in [0.15, 0.2) is 48.5 Å². The molecule has 0 saturated heterocycles. The number of aliphatic carboxylic acids is 2. The first-order chi connectivity index (χ1) is 15.3. The molecule has 0 fully saturated rings. The van der Waals surface area contributed by atoms with Crippen molar-refractivity contribution < 1.29 is 34.1 Å². The lowest BCUT2D eigenvalue weighted by Gasteiger charge is -2.19. The Morgan fingerprint density at radius 1 is 0.938 bits per heavy atom. The predicted octanol–water partition coefficient (Wildman–Crippen LogP) is 2.35. The van der Waals surface area contributed by atoms with Crippen molar-refractivity contribution in [3.8, 4) is 11.1 Å². The third kappa shape index (κ3) is 5.23. The quantitative estimate of drug-likeness (QED) is 0.469. The van der Waals surface area contributed by atoms with Crippen LogP contribution in [-0.4, -0.2) is 52.8 Å². The van der Waals surface area contributed by atoms with E-state index in [-0.39, 0.29) is 18.9 Å². The number of amides is 2. The predicted molar refractivity (Wildman–Crippen MR) is 114 cm³/mol. The van der Waals surface area contributed by atoms with Crippen molar-refractivity contribution in [1.29, 1.82) is 0 Å². The lowest BCUT2D eigenvalue weighted by molar-refractivity contribution is -0.143. The highest BCUT2D eigenvalue weighted by molar-refractivity contribution is 5.89. The first-order valence-corrected chi connectivity index (χ1v) is 10.1. The third-order valence-corrected chi connectivity index (χ3v) is 5.33. The Morgan fingerprint density at radius 3 is 2.03 bits per heavy atom. The minimum absolute atomic E-state index is 0.0740. The van der Waals surface area contributed by atoms with E-state index in [1.165, 1.54) is 6.92 Å². The van der Waals surface area contributed by atoms with Crippen LogP contribution in [0.25, 0.3) is 11.1 Å². The molecule has 0 aromatic heterocycles. The number of hydrogen-bond acceptors (Lipinski definition) is 5. The molecule has 2 amide bonds. The lowest BCUT2D eigenvalue weighted by Crippen LogP contribution is -2.50. The summed E-state index contributed by atoms with van der Waals surface area (Å²) in [6.45, 7) is 1.46. The Morgan fingerprint density at radius 2 is 1.50 bits per heavy atom. The fraction of sp³-hybridized carbons (Fsp3) is 0.304. The van der Waals surface area contributed by atoms with Crippen LogP contribution in [0.5, 0.6) is 0 Å². The number of alkyl carbamates (subject to hydrolysis) is 1. The van der Waals surface area contributed by atoms with Gasteiger partial charge < -0.3 is 25.6 Å². The molecular weight excluding hydrogens is 416 g/mol. The molecular formula is C23H24N2O7. The SMILES string of the molecule is C[C@H](NC(=O)OCC1c2ccccc2-c2ccccc21)C(=O)N[C@@H](CCC(=O)O)C(=O)O. The summed E-state index contributed by atoms with van der Waals surface area (Å²) < 4.78 is 5.37. The Balaban J connectivity index is 1.56. The molecule has 1 aliphatic rings. The second-order valence-electron chi connectivity index (χ2n) is 7.52. The molecule has 4 N–H and O–H groups in total. The molecule has 0 heterocycles. The standard InChI is InChI=1S/C23H24N2O7/c1-13(21(28)25-19(22(29)30)10-11-20(26)27)24-23(31)32-12-18-16-8-4-2-6-14(16)15-7-3-5-9-17(15)18/h2-9,13,18-19H,10-12H2,1H3,(H,24,31)(H,25,28)(H,26,27)(H,29,30)/t13-,19-/m0/s1. The fourth-order valence-electron chi connectivity index (χ4n) is 3.70. The number of fused-ring (bicyclic) bond motifs is 3. The van der Waals surface area contributed by atoms with Gasteiger partial charge in [-0.2, -0.15) is 0 Å². The van der Waals surface area contributed by atoms with Crippen LogP contribution in [0.1, 0.15) is 36.8 Å². The molecule has 9 nitrogen and oxygen atoms in total. The fourth-order valence-corrected chi connectivity index (χ4v) is 3.70. The average Bonchev–Trinajstić information content (AvgIpc) is 3.08. The highest BCUT2D eigenvalue weighted by atomic mass is 16.5. The second kappa shape index (κ2) is 9.95. The van der Waals surface area contributed by atoms with Gasteiger partial charge in [0.25, 0.3) is 0 Å². The van der Waals surface area contributed by atoms with Crippen molar-refractivity contribution in [2.75, 3.05) is 6.61 Å². The minimum Gasteiger partial charge on any atom is -0.481 e. The monoisotopic (exact) mass is 440 g/mol. The van der Waals surface area contributed by atoms with Crippen LogP contribution in [-0.2, 0) is 19.1 Å². The first-order valence-electron chi connectivity index (χ1n) is 10.1. The van der Waals surface area contributed by atoms with Gasteiger partial charge in [-0.15, -0.1) is 0 Å². The summed E-state index contributed by atoms with van der Waals surface area (Å²) in [5.74, 6) is -3.41. The smallest absolute Gasteiger partial charge is 0.407 e. The van der Waals surface area contributed by atoms with E-state index in [9.17, 15) is 19.2 Å². The molecule has 0 aliphatic heterocycles. The topological polar surface area (TPSA) is 142 Å². The van der Waals surface area contributed by atoms with Crippen LogP contribution < -0.4 is 10.6 Å². The van der Waals surface area contributed by atoms with Gasteiger partial charge in [0, 0.05) is 12.3 Å². The number of carbonyl (C=O) groups is 4. The number of carboxylic acid groups (broad SMARTS) is 2. The van der Waals surface area contributed by atoms with Gasteiger partial charge in [0.1, 0.15) is 18.7 Å². The molecule has 1 aliphatic carbocycles. The maximum Gasteiger partial charge on any atom is 0.407 e. The van der Waals surface area contributed by atoms with E-state index in [2.05, 4.69) is 10.6 Å². The van der Waals surface area contributed by atoms with Gasteiger partial charge >= 0.3 is 18.0 Å². The minimum atomic E-state index is -1.37. The number of carboxylic acids is 2. The molecule has 0 spiro atoms. The average molecular weight is 440 g/mol. The van der Waals surface area contributed by atoms with Crippen LogP contribution in [0.3, 0.4) is 0 Å². The molecule has 0 bridgehead atoms. The maximum atomic E-state index is 12.3. The molecule has 2 atom stereocenters. The second-order valence-corrected chi connectivity index (χ2v) is 7.52. The van der Waals surface area contributed by atoms with E-state index in [0.717, 1.165) is 22.3 Å². The van der Waals surface area contributed by atoms with Crippen molar-refractivity contribution in [2.45, 2.75) is 37.8 Å². The summed E-state index contributed by atoms with van der Waals surface area (Å²) in [5.41, 5.74) is 4.28. The van der Waals surface area contributed by atoms with Crippen LogP contribution in [0, 0.1) is 0 Å². The molecule has 32 heavy (non-hydrogen) atoms. The highest BCUT2D eigenvalue weighted by Gasteiger charge is 2.30. The zero-order valence-electron chi connectivity index (χ0n) is 17.4. The van der Waals surface area contributed by atoms with Crippen molar-refractivity contribution in [2.24, 2.45) is 0 Å². The number of hydrogen-bond donors (Lipinski definition) is 4. The van der Waals surface area contributed by atoms with Gasteiger partial charge in [0.2, 0.25) is 5.91 Å². The lowest BCUT2D eigenvalue weighted by atomic mass is 9.98. The summed E-state index contributed by atoms with van der Waals surface area (Å²) in [6.07, 6.45) is -1.49. The van der Waals surface area contributed by atoms with Crippen molar-refractivity contribution >= 4 is 23.9 Å². The maximum absolute atomic E-state index is 12.3. The van der Waals surface area contributed by atoms with Crippen LogP contribution in [0.2, 0.25) is 0 Å². The normalized spacial score (nSPS) is 13.9. The van der Waals surface area contributed by atoms with E-state index in [0.29, 0.717) is 0 Å². The highest BCUT2D eigenvalue weighted by Crippen LogP contribution is 2.44. The molecule has 9 heteroatoms. The Kier molecular flexibility index (Phi) is 7.09. The molecule has 0 radical (unpaired) electrons. The summed E-state index contributed by atoms with van der Waals surface area (Å²) >= 11 is 0. The van der Waals surface area contributed by atoms with E-state index < -0.39 is 42.4 Å². The van der Waals surface area contributed by atoms with E-state index in [1.54, 1.807) is 0 Å². The third-order valence-electron chi connectivity index (χ3n) is 5.33. The van der Waals surface area contributed by atoms with Crippen LogP contribution in [0.4, 0.5) is 4.79 Å². The summed E-state index contributed by atoms with van der Waals surface area (Å²) in [7, 11) is 0. The van der Waals surface area contributed by atoms with Crippen molar-refractivity contribution in [1.82, 2.24) is 10.6 Å². The van der Waals surface area contributed by atoms with Gasteiger partial charge in [0.15, 0.2) is 0 Å². The van der Waals surface area contributed by atoms with Gasteiger partial charge in [-0.25, -0.2) is 9.59 Å². The number of nitrogens with one attached hydrogen (secondary N) is 2. The summed E-state index contributed by atoms with van der Waals surface area (Å²) in [4.78, 5) is 46.4. The van der Waals surface area contributed by atoms with E-state index >= 15 is 0 Å². The molecule has 2 aromatic carbocycles. The zero-order chi connectivity index (χ0) is 23.3. The largest absolute Gasteiger partial charge is 0.481 e. The van der Waals surface area contributed by atoms with Crippen molar-refractivity contribution in [3.63, 3.8) is 0 Å². The number of rotatable bonds is 9. The van der Waals surface area contributed by atoms with E-state index in [1.807, 2.05) is 48.5 Å². The summed E-state index contributed by atoms with van der Waals surface area (Å²) in [6, 6.07) is 13.3. The summed E-state index contributed by atoms with van der Waals surface area (Å²) in [5, 5.41) is 22.4. The number of carbonyl (C=O) groups excluding carboxylic acids is 2. The molecule has 3 rings (SSSR count). The molecule has 0 unspecified atom stereocenters. The van der Waals surface area contributed by atoms with Gasteiger partial charge in [-0.05, 0) is 35.6 Å². The molecule has 168 valence electrons. The number of benzene rings is 2. The Labute approximate surface area is 184 Å². The Bertz CT molecular complexity index is 991. The van der Waals surface area contributed by atoms with Gasteiger partial charge in [0.05, 0.1) is 0 Å². The van der Waals surface area contributed by atoms with Gasteiger partial charge in [-0.1, -0.05) is 48.5 Å². The first kappa shape index (κ1) is 22.8.